The van der Waals surface area contributed by atoms with E-state index in [1.807, 2.05) is 32.2 Å². The van der Waals surface area contributed by atoms with Crippen LogP contribution in [-0.4, -0.2) is 22.4 Å². The van der Waals surface area contributed by atoms with Gasteiger partial charge in [-0.05, 0) is 32.4 Å². The van der Waals surface area contributed by atoms with E-state index >= 15 is 0 Å². The van der Waals surface area contributed by atoms with Crippen molar-refractivity contribution in [1.82, 2.24) is 15.3 Å². The predicted octanol–water partition coefficient (Wildman–Crippen LogP) is 2.39. The van der Waals surface area contributed by atoms with E-state index in [0.717, 1.165) is 35.4 Å². The number of nitrogens with zero attached hydrogens (tertiary/aromatic N) is 1. The molecule has 0 saturated carbocycles. The molecule has 100 valence electrons. The molecule has 0 saturated heterocycles. The first-order chi connectivity index (χ1) is 9.15. The summed E-state index contributed by atoms with van der Waals surface area (Å²) in [5.41, 5.74) is 2.96. The highest BCUT2D eigenvalue weighted by atomic mass is 16.1. The molecule has 0 fully saturated rings. The highest BCUT2D eigenvalue weighted by Crippen LogP contribution is 2.08. The Morgan fingerprint density at radius 1 is 1.26 bits per heavy atom. The number of hydrogen-bond donors (Lipinski definition) is 2. The minimum absolute atomic E-state index is 0.00811. The quantitative estimate of drug-likeness (QED) is 0.808. The Morgan fingerprint density at radius 2 is 2.00 bits per heavy atom. The van der Waals surface area contributed by atoms with Crippen LogP contribution in [0.25, 0.3) is 0 Å². The molecule has 0 radical (unpaired) electrons. The van der Waals surface area contributed by atoms with Crippen molar-refractivity contribution in [3.05, 3.63) is 53.1 Å². The van der Waals surface area contributed by atoms with Crippen LogP contribution in [0.15, 0.2) is 30.6 Å². The molecule has 0 bridgehead atoms. The molecular formula is C15H19N3O. The van der Waals surface area contributed by atoms with E-state index < -0.39 is 0 Å². The van der Waals surface area contributed by atoms with Gasteiger partial charge in [0.05, 0.1) is 0 Å². The van der Waals surface area contributed by atoms with E-state index in [4.69, 9.17) is 0 Å². The summed E-state index contributed by atoms with van der Waals surface area (Å²) >= 11 is 0. The number of amides is 1. The van der Waals surface area contributed by atoms with Crippen molar-refractivity contribution in [2.45, 2.75) is 26.7 Å². The Hall–Kier alpha value is -2.10. The van der Waals surface area contributed by atoms with Gasteiger partial charge in [0.15, 0.2) is 0 Å². The van der Waals surface area contributed by atoms with Crippen molar-refractivity contribution < 1.29 is 4.79 Å². The molecule has 1 aromatic heterocycles. The monoisotopic (exact) mass is 257 g/mol. The Balaban J connectivity index is 1.80. The van der Waals surface area contributed by atoms with Gasteiger partial charge in [-0.25, -0.2) is 4.98 Å². The van der Waals surface area contributed by atoms with Gasteiger partial charge in [-0.2, -0.15) is 0 Å². The molecule has 0 aliphatic rings. The Kier molecular flexibility index (Phi) is 4.34. The molecule has 0 aliphatic heterocycles. The summed E-state index contributed by atoms with van der Waals surface area (Å²) in [6.45, 7) is 4.66. The second kappa shape index (κ2) is 6.18. The first-order valence-electron chi connectivity index (χ1n) is 6.50. The molecule has 0 aliphatic carbocycles. The topological polar surface area (TPSA) is 57.8 Å². The molecular weight excluding hydrogens is 238 g/mol. The largest absolute Gasteiger partial charge is 0.352 e. The van der Waals surface area contributed by atoms with Gasteiger partial charge < -0.3 is 10.3 Å². The number of aromatic amines is 1. The maximum absolute atomic E-state index is 12.0. The Labute approximate surface area is 113 Å². The molecule has 2 rings (SSSR count). The summed E-state index contributed by atoms with van der Waals surface area (Å²) in [6, 6.07) is 5.89. The number of carbonyl (C=O) groups is 1. The third-order valence-corrected chi connectivity index (χ3v) is 2.91. The molecule has 2 N–H and O–H groups in total. The van der Waals surface area contributed by atoms with Crippen LogP contribution in [0.3, 0.4) is 0 Å². The van der Waals surface area contributed by atoms with E-state index in [2.05, 4.69) is 21.4 Å². The third-order valence-electron chi connectivity index (χ3n) is 2.91. The van der Waals surface area contributed by atoms with Crippen LogP contribution in [0.4, 0.5) is 0 Å². The van der Waals surface area contributed by atoms with Crippen LogP contribution < -0.4 is 5.32 Å². The lowest BCUT2D eigenvalue weighted by molar-refractivity contribution is 0.0953. The normalized spacial score (nSPS) is 10.4. The zero-order valence-electron chi connectivity index (χ0n) is 11.4. The Morgan fingerprint density at radius 3 is 2.63 bits per heavy atom. The zero-order chi connectivity index (χ0) is 13.7. The first kappa shape index (κ1) is 13.3. The summed E-state index contributed by atoms with van der Waals surface area (Å²) in [5.74, 6) is 0.951. The number of H-pyrrole nitrogens is 1. The summed E-state index contributed by atoms with van der Waals surface area (Å²) < 4.78 is 0. The lowest BCUT2D eigenvalue weighted by Crippen LogP contribution is -2.25. The van der Waals surface area contributed by atoms with Crippen molar-refractivity contribution in [3.63, 3.8) is 0 Å². The van der Waals surface area contributed by atoms with E-state index in [1.54, 1.807) is 6.20 Å². The van der Waals surface area contributed by atoms with Crippen molar-refractivity contribution in [2.75, 3.05) is 6.54 Å². The molecule has 0 atom stereocenters. The van der Waals surface area contributed by atoms with E-state index in [1.165, 1.54) is 0 Å². The van der Waals surface area contributed by atoms with Crippen molar-refractivity contribution >= 4 is 5.91 Å². The van der Waals surface area contributed by atoms with E-state index in [-0.39, 0.29) is 5.91 Å². The fourth-order valence-electron chi connectivity index (χ4n) is 2.10. The van der Waals surface area contributed by atoms with Gasteiger partial charge in [0, 0.05) is 30.9 Å². The molecule has 0 spiro atoms. The SMILES string of the molecule is Cc1cc(C)cc(C(=O)NCCCc2ncc[nH]2)c1. The lowest BCUT2D eigenvalue weighted by atomic mass is 10.1. The number of aromatic nitrogens is 2. The second-order valence-electron chi connectivity index (χ2n) is 4.77. The maximum atomic E-state index is 12.0. The predicted molar refractivity (Wildman–Crippen MR) is 75.2 cm³/mol. The van der Waals surface area contributed by atoms with Crippen LogP contribution in [0.5, 0.6) is 0 Å². The van der Waals surface area contributed by atoms with Gasteiger partial charge in [0.1, 0.15) is 5.82 Å². The number of imidazole rings is 1. The van der Waals surface area contributed by atoms with Crippen LogP contribution in [-0.2, 0) is 6.42 Å². The third kappa shape index (κ3) is 3.95. The average Bonchev–Trinajstić information content (AvgIpc) is 2.86. The molecule has 4 nitrogen and oxygen atoms in total. The molecule has 0 unspecified atom stereocenters. The zero-order valence-corrected chi connectivity index (χ0v) is 11.4. The summed E-state index contributed by atoms with van der Waals surface area (Å²) in [7, 11) is 0. The molecule has 2 aromatic rings. The number of benzene rings is 1. The summed E-state index contributed by atoms with van der Waals surface area (Å²) in [6.07, 6.45) is 5.27. The molecule has 4 heteroatoms. The standard InChI is InChI=1S/C15H19N3O/c1-11-8-12(2)10-13(9-11)15(19)18-5-3-4-14-16-6-7-17-14/h6-10H,3-5H2,1-2H3,(H,16,17)(H,18,19). The van der Waals surface area contributed by atoms with Crippen molar-refractivity contribution in [2.24, 2.45) is 0 Å². The fraction of sp³-hybridized carbons (Fsp3) is 0.333. The number of hydrogen-bond acceptors (Lipinski definition) is 2. The smallest absolute Gasteiger partial charge is 0.251 e. The molecule has 1 amide bonds. The number of aryl methyl sites for hydroxylation is 3. The van der Waals surface area contributed by atoms with Crippen molar-refractivity contribution in [3.8, 4) is 0 Å². The molecule has 1 heterocycles. The van der Waals surface area contributed by atoms with Gasteiger partial charge in [0.25, 0.3) is 5.91 Å². The number of carbonyl (C=O) groups excluding carboxylic acids is 1. The van der Waals surface area contributed by atoms with Crippen LogP contribution in [0.2, 0.25) is 0 Å². The maximum Gasteiger partial charge on any atom is 0.251 e. The summed E-state index contributed by atoms with van der Waals surface area (Å²) in [5, 5.41) is 2.94. The van der Waals surface area contributed by atoms with E-state index in [0.29, 0.717) is 6.54 Å². The molecule has 1 aromatic carbocycles. The number of rotatable bonds is 5. The van der Waals surface area contributed by atoms with Gasteiger partial charge in [0.2, 0.25) is 0 Å². The fourth-order valence-corrected chi connectivity index (χ4v) is 2.10. The van der Waals surface area contributed by atoms with Gasteiger partial charge in [-0.15, -0.1) is 0 Å². The minimum Gasteiger partial charge on any atom is -0.352 e. The van der Waals surface area contributed by atoms with Crippen LogP contribution in [0, 0.1) is 13.8 Å². The highest BCUT2D eigenvalue weighted by Gasteiger charge is 2.06. The lowest BCUT2D eigenvalue weighted by Gasteiger charge is -2.06. The number of nitrogens with one attached hydrogen (secondary N) is 2. The Bertz CT molecular complexity index is 526. The first-order valence-corrected chi connectivity index (χ1v) is 6.50. The minimum atomic E-state index is -0.00811. The molecule has 19 heavy (non-hydrogen) atoms. The van der Waals surface area contributed by atoms with Gasteiger partial charge >= 0.3 is 0 Å². The van der Waals surface area contributed by atoms with Gasteiger partial charge in [-0.1, -0.05) is 17.2 Å². The van der Waals surface area contributed by atoms with Crippen LogP contribution >= 0.6 is 0 Å². The average molecular weight is 257 g/mol. The van der Waals surface area contributed by atoms with E-state index in [9.17, 15) is 4.79 Å². The highest BCUT2D eigenvalue weighted by molar-refractivity contribution is 5.94. The van der Waals surface area contributed by atoms with Crippen LogP contribution in [0.1, 0.15) is 33.7 Å². The summed E-state index contributed by atoms with van der Waals surface area (Å²) in [4.78, 5) is 19.2. The van der Waals surface area contributed by atoms with Gasteiger partial charge in [-0.3, -0.25) is 4.79 Å². The second-order valence-corrected chi connectivity index (χ2v) is 4.77. The van der Waals surface area contributed by atoms with Crippen molar-refractivity contribution in [1.29, 1.82) is 0 Å².